The van der Waals surface area contributed by atoms with Gasteiger partial charge in [0.05, 0.1) is 12.6 Å². The van der Waals surface area contributed by atoms with Gasteiger partial charge in [-0.05, 0) is 22.0 Å². The Kier molecular flexibility index (Phi) is 3.30. The van der Waals surface area contributed by atoms with Crippen LogP contribution in [0.15, 0.2) is 16.7 Å². The van der Waals surface area contributed by atoms with Gasteiger partial charge in [0.15, 0.2) is 11.6 Å². The van der Waals surface area contributed by atoms with Gasteiger partial charge in [0.25, 0.3) is 0 Å². The van der Waals surface area contributed by atoms with Gasteiger partial charge in [-0.15, -0.1) is 0 Å². The summed E-state index contributed by atoms with van der Waals surface area (Å²) in [5.74, 6) is 0.00278. The van der Waals surface area contributed by atoms with E-state index in [9.17, 15) is 9.18 Å². The van der Waals surface area contributed by atoms with Crippen molar-refractivity contribution in [3.63, 3.8) is 0 Å². The number of anilines is 1. The maximum Gasteiger partial charge on any atom is 0.410 e. The van der Waals surface area contributed by atoms with Crippen molar-refractivity contribution in [2.45, 2.75) is 12.5 Å². The number of halogens is 2. The highest BCUT2D eigenvalue weighted by Gasteiger charge is 2.35. The van der Waals surface area contributed by atoms with Crippen LogP contribution in [0.2, 0.25) is 0 Å². The molecular formula is C12H13BrFN3O2. The number of rotatable bonds is 1. The molecule has 1 amide bonds. The molecule has 1 aromatic heterocycles. The molecule has 2 fully saturated rings. The van der Waals surface area contributed by atoms with Gasteiger partial charge in [0, 0.05) is 36.7 Å². The number of amides is 1. The fourth-order valence-corrected chi connectivity index (χ4v) is 2.84. The SMILES string of the molecule is O=C1OCC[C@H]2CN(c3ncc(Br)cc3F)CCN12. The molecule has 3 heterocycles. The number of carbonyl (C=O) groups is 1. The van der Waals surface area contributed by atoms with Crippen LogP contribution in [0.3, 0.4) is 0 Å². The third-order valence-corrected chi connectivity index (χ3v) is 3.92. The van der Waals surface area contributed by atoms with Crippen LogP contribution in [0.5, 0.6) is 0 Å². The summed E-state index contributed by atoms with van der Waals surface area (Å²) in [5.41, 5.74) is 0. The number of cyclic esters (lactones) is 1. The Labute approximate surface area is 118 Å². The third kappa shape index (κ3) is 2.39. The first-order valence-electron chi connectivity index (χ1n) is 6.14. The van der Waals surface area contributed by atoms with Gasteiger partial charge in [-0.25, -0.2) is 14.2 Å². The van der Waals surface area contributed by atoms with Crippen molar-refractivity contribution < 1.29 is 13.9 Å². The van der Waals surface area contributed by atoms with Crippen molar-refractivity contribution in [2.75, 3.05) is 31.1 Å². The molecule has 0 unspecified atom stereocenters. The first kappa shape index (κ1) is 12.7. The van der Waals surface area contributed by atoms with Crippen LogP contribution in [-0.2, 0) is 4.74 Å². The summed E-state index contributed by atoms with van der Waals surface area (Å²) in [5, 5.41) is 0. The molecule has 0 radical (unpaired) electrons. The summed E-state index contributed by atoms with van der Waals surface area (Å²) in [6.07, 6.45) is 2.10. The van der Waals surface area contributed by atoms with E-state index in [2.05, 4.69) is 20.9 Å². The van der Waals surface area contributed by atoms with Crippen LogP contribution in [0, 0.1) is 5.82 Å². The molecule has 0 bridgehead atoms. The Bertz CT molecular complexity index is 514. The Balaban J connectivity index is 1.79. The van der Waals surface area contributed by atoms with Gasteiger partial charge in [0.1, 0.15) is 0 Å². The molecule has 1 atom stereocenters. The molecule has 19 heavy (non-hydrogen) atoms. The van der Waals surface area contributed by atoms with Crippen molar-refractivity contribution in [2.24, 2.45) is 0 Å². The smallest absolute Gasteiger partial charge is 0.410 e. The average molecular weight is 330 g/mol. The fraction of sp³-hybridized carbons (Fsp3) is 0.500. The minimum absolute atomic E-state index is 0.0832. The Hall–Kier alpha value is -1.37. The first-order valence-corrected chi connectivity index (χ1v) is 6.94. The highest BCUT2D eigenvalue weighted by molar-refractivity contribution is 9.10. The molecule has 0 aromatic carbocycles. The first-order chi connectivity index (χ1) is 9.15. The number of pyridine rings is 1. The van der Waals surface area contributed by atoms with Crippen LogP contribution in [0.1, 0.15) is 6.42 Å². The number of hydrogen-bond donors (Lipinski definition) is 0. The monoisotopic (exact) mass is 329 g/mol. The zero-order valence-corrected chi connectivity index (χ0v) is 11.8. The predicted molar refractivity (Wildman–Crippen MR) is 70.6 cm³/mol. The van der Waals surface area contributed by atoms with Crippen molar-refractivity contribution in [3.05, 3.63) is 22.6 Å². The minimum Gasteiger partial charge on any atom is -0.449 e. The second kappa shape index (κ2) is 4.96. The van der Waals surface area contributed by atoms with E-state index >= 15 is 0 Å². The molecule has 1 aromatic rings. The lowest BCUT2D eigenvalue weighted by Crippen LogP contribution is -2.58. The lowest BCUT2D eigenvalue weighted by atomic mass is 10.1. The number of fused-ring (bicyclic) bond motifs is 1. The largest absolute Gasteiger partial charge is 0.449 e. The molecule has 3 rings (SSSR count). The normalized spacial score (nSPS) is 23.1. The molecule has 0 spiro atoms. The van der Waals surface area contributed by atoms with Crippen molar-refractivity contribution in [3.8, 4) is 0 Å². The van der Waals surface area contributed by atoms with Crippen molar-refractivity contribution >= 4 is 27.8 Å². The van der Waals surface area contributed by atoms with E-state index in [4.69, 9.17) is 4.74 Å². The van der Waals surface area contributed by atoms with E-state index in [1.54, 1.807) is 11.1 Å². The van der Waals surface area contributed by atoms with Gasteiger partial charge < -0.3 is 14.5 Å². The zero-order chi connectivity index (χ0) is 13.4. The van der Waals surface area contributed by atoms with Gasteiger partial charge in [-0.1, -0.05) is 0 Å². The predicted octanol–water partition coefficient (Wildman–Crippen LogP) is 2.01. The molecule has 2 aliphatic heterocycles. The lowest BCUT2D eigenvalue weighted by molar-refractivity contribution is 0.0397. The molecule has 2 saturated heterocycles. The molecule has 0 N–H and O–H groups in total. The van der Waals surface area contributed by atoms with Crippen molar-refractivity contribution in [1.82, 2.24) is 9.88 Å². The van der Waals surface area contributed by atoms with Crippen LogP contribution >= 0.6 is 15.9 Å². The summed E-state index contributed by atoms with van der Waals surface area (Å²) < 4.78 is 19.5. The van der Waals surface area contributed by atoms with E-state index in [0.717, 1.165) is 6.42 Å². The number of piperazine rings is 1. The van der Waals surface area contributed by atoms with Gasteiger partial charge >= 0.3 is 6.09 Å². The average Bonchev–Trinajstić information content (AvgIpc) is 2.38. The zero-order valence-electron chi connectivity index (χ0n) is 10.2. The van der Waals surface area contributed by atoms with E-state index < -0.39 is 0 Å². The van der Waals surface area contributed by atoms with Crippen LogP contribution in [0.25, 0.3) is 0 Å². The van der Waals surface area contributed by atoms with Gasteiger partial charge in [0.2, 0.25) is 0 Å². The number of nitrogens with zero attached hydrogens (tertiary/aromatic N) is 3. The van der Waals surface area contributed by atoms with Crippen LogP contribution < -0.4 is 4.90 Å². The molecule has 0 saturated carbocycles. The Morgan fingerprint density at radius 2 is 2.32 bits per heavy atom. The third-order valence-electron chi connectivity index (χ3n) is 3.48. The number of carbonyl (C=O) groups excluding carboxylic acids is 1. The molecular weight excluding hydrogens is 317 g/mol. The van der Waals surface area contributed by atoms with E-state index in [0.29, 0.717) is 36.5 Å². The molecule has 2 aliphatic rings. The molecule has 7 heteroatoms. The molecule has 102 valence electrons. The quantitative estimate of drug-likeness (QED) is 0.790. The van der Waals surface area contributed by atoms with Gasteiger partial charge in [-0.3, -0.25) is 0 Å². The van der Waals surface area contributed by atoms with Crippen molar-refractivity contribution in [1.29, 1.82) is 0 Å². The van der Waals surface area contributed by atoms with Gasteiger partial charge in [-0.2, -0.15) is 0 Å². The molecule has 0 aliphatic carbocycles. The van der Waals surface area contributed by atoms with Crippen LogP contribution in [-0.4, -0.2) is 48.3 Å². The summed E-state index contributed by atoms with van der Waals surface area (Å²) in [4.78, 5) is 19.3. The number of hydrogen-bond acceptors (Lipinski definition) is 4. The maximum atomic E-state index is 13.9. The highest BCUT2D eigenvalue weighted by Crippen LogP contribution is 2.25. The summed E-state index contributed by atoms with van der Waals surface area (Å²) in [7, 11) is 0. The number of aromatic nitrogens is 1. The topological polar surface area (TPSA) is 45.7 Å². The summed E-state index contributed by atoms with van der Waals surface area (Å²) >= 11 is 3.19. The summed E-state index contributed by atoms with van der Waals surface area (Å²) in [6.45, 7) is 2.14. The Morgan fingerprint density at radius 3 is 3.11 bits per heavy atom. The standard InChI is InChI=1S/C12H13BrFN3O2/c13-8-5-10(14)11(15-6-8)16-2-3-17-9(7-16)1-4-19-12(17)18/h5-6,9H,1-4,7H2/t9-/m0/s1. The van der Waals surface area contributed by atoms with E-state index in [1.165, 1.54) is 6.07 Å². The fourth-order valence-electron chi connectivity index (χ4n) is 2.54. The molecule has 5 nitrogen and oxygen atoms in total. The maximum absolute atomic E-state index is 13.9. The van der Waals surface area contributed by atoms with E-state index in [1.807, 2.05) is 4.90 Å². The van der Waals surface area contributed by atoms with Crippen LogP contribution in [0.4, 0.5) is 15.0 Å². The number of ether oxygens (including phenoxy) is 1. The minimum atomic E-state index is -0.346. The lowest BCUT2D eigenvalue weighted by Gasteiger charge is -2.43. The second-order valence-electron chi connectivity index (χ2n) is 4.66. The second-order valence-corrected chi connectivity index (χ2v) is 5.57. The highest BCUT2D eigenvalue weighted by atomic mass is 79.9. The Morgan fingerprint density at radius 1 is 1.47 bits per heavy atom. The van der Waals surface area contributed by atoms with E-state index in [-0.39, 0.29) is 18.0 Å². The summed E-state index contributed by atoms with van der Waals surface area (Å²) in [6, 6.07) is 1.49.